The molecule has 1 aromatic rings. The highest BCUT2D eigenvalue weighted by atomic mass is 19.4. The normalized spacial score (nSPS) is 29.3. The van der Waals surface area contributed by atoms with Gasteiger partial charge in [-0.05, 0) is 44.7 Å². The SMILES string of the molecule is CC1CCCC(C)(c2ccccc2C(F)(F)F)N1. The first-order valence-electron chi connectivity index (χ1n) is 6.27. The maximum Gasteiger partial charge on any atom is 0.416 e. The highest BCUT2D eigenvalue weighted by Gasteiger charge is 2.40. The zero-order chi connectivity index (χ0) is 13.4. The smallest absolute Gasteiger partial charge is 0.305 e. The molecule has 0 aromatic heterocycles. The van der Waals surface area contributed by atoms with Gasteiger partial charge in [0.1, 0.15) is 0 Å². The zero-order valence-electron chi connectivity index (χ0n) is 10.6. The van der Waals surface area contributed by atoms with Crippen LogP contribution in [-0.2, 0) is 11.7 Å². The zero-order valence-corrected chi connectivity index (χ0v) is 10.6. The van der Waals surface area contributed by atoms with Gasteiger partial charge in [-0.3, -0.25) is 0 Å². The lowest BCUT2D eigenvalue weighted by atomic mass is 9.80. The van der Waals surface area contributed by atoms with Gasteiger partial charge < -0.3 is 5.32 Å². The molecule has 1 saturated heterocycles. The summed E-state index contributed by atoms with van der Waals surface area (Å²) in [6.07, 6.45) is -1.58. The predicted molar refractivity (Wildman–Crippen MR) is 65.2 cm³/mol. The third-order valence-electron chi connectivity index (χ3n) is 3.71. The van der Waals surface area contributed by atoms with E-state index < -0.39 is 17.3 Å². The number of alkyl halides is 3. The van der Waals surface area contributed by atoms with E-state index in [4.69, 9.17) is 0 Å². The summed E-state index contributed by atoms with van der Waals surface area (Å²) in [7, 11) is 0. The molecule has 0 radical (unpaired) electrons. The van der Waals surface area contributed by atoms with E-state index in [0.29, 0.717) is 5.56 Å². The van der Waals surface area contributed by atoms with Gasteiger partial charge in [0.2, 0.25) is 0 Å². The van der Waals surface area contributed by atoms with Gasteiger partial charge in [-0.1, -0.05) is 18.2 Å². The Morgan fingerprint density at radius 2 is 1.94 bits per heavy atom. The molecular formula is C14H18F3N. The van der Waals surface area contributed by atoms with Crippen LogP contribution in [0.25, 0.3) is 0 Å². The van der Waals surface area contributed by atoms with Crippen LogP contribution in [0.1, 0.15) is 44.2 Å². The van der Waals surface area contributed by atoms with Gasteiger partial charge >= 0.3 is 6.18 Å². The summed E-state index contributed by atoms with van der Waals surface area (Å²) in [6, 6.07) is 6.14. The van der Waals surface area contributed by atoms with Crippen molar-refractivity contribution in [2.45, 2.75) is 50.9 Å². The summed E-state index contributed by atoms with van der Waals surface area (Å²) in [5.41, 5.74) is -0.734. The number of hydrogen-bond acceptors (Lipinski definition) is 1. The summed E-state index contributed by atoms with van der Waals surface area (Å²) in [6.45, 7) is 3.89. The Labute approximate surface area is 105 Å². The molecule has 1 heterocycles. The van der Waals surface area contributed by atoms with Gasteiger partial charge in [0.15, 0.2) is 0 Å². The van der Waals surface area contributed by atoms with Crippen LogP contribution in [0.2, 0.25) is 0 Å². The predicted octanol–water partition coefficient (Wildman–Crippen LogP) is 4.08. The summed E-state index contributed by atoms with van der Waals surface area (Å²) >= 11 is 0. The van der Waals surface area contributed by atoms with Crippen LogP contribution < -0.4 is 5.32 Å². The standard InChI is InChI=1S/C14H18F3N/c1-10-6-5-9-13(2,18-10)11-7-3-4-8-12(11)14(15,16)17/h3-4,7-8,10,18H,5-6,9H2,1-2H3. The van der Waals surface area contributed by atoms with Crippen LogP contribution in [0.15, 0.2) is 24.3 Å². The van der Waals surface area contributed by atoms with Crippen LogP contribution in [0, 0.1) is 0 Å². The number of nitrogens with one attached hydrogen (secondary N) is 1. The van der Waals surface area contributed by atoms with Crippen molar-refractivity contribution >= 4 is 0 Å². The first-order valence-corrected chi connectivity index (χ1v) is 6.27. The molecule has 2 unspecified atom stereocenters. The second kappa shape index (κ2) is 4.57. The number of hydrogen-bond donors (Lipinski definition) is 1. The van der Waals surface area contributed by atoms with Crippen molar-refractivity contribution < 1.29 is 13.2 Å². The molecule has 4 heteroatoms. The van der Waals surface area contributed by atoms with Crippen molar-refractivity contribution in [3.05, 3.63) is 35.4 Å². The van der Waals surface area contributed by atoms with E-state index in [1.807, 2.05) is 13.8 Å². The van der Waals surface area contributed by atoms with E-state index in [0.717, 1.165) is 19.3 Å². The number of halogens is 3. The Morgan fingerprint density at radius 3 is 2.56 bits per heavy atom. The van der Waals surface area contributed by atoms with Crippen LogP contribution >= 0.6 is 0 Å². The Morgan fingerprint density at radius 1 is 1.28 bits per heavy atom. The van der Waals surface area contributed by atoms with Crippen molar-refractivity contribution in [1.82, 2.24) is 5.32 Å². The second-order valence-electron chi connectivity index (χ2n) is 5.31. The van der Waals surface area contributed by atoms with Crippen molar-refractivity contribution in [2.75, 3.05) is 0 Å². The molecule has 1 aliphatic heterocycles. The number of rotatable bonds is 1. The summed E-state index contributed by atoms with van der Waals surface area (Å²) in [5.74, 6) is 0. The van der Waals surface area contributed by atoms with E-state index >= 15 is 0 Å². The Bertz CT molecular complexity index is 427. The van der Waals surface area contributed by atoms with E-state index in [1.165, 1.54) is 12.1 Å². The fourth-order valence-corrected chi connectivity index (χ4v) is 2.87. The monoisotopic (exact) mass is 257 g/mol. The van der Waals surface area contributed by atoms with Gasteiger partial charge in [0.25, 0.3) is 0 Å². The number of piperidine rings is 1. The fourth-order valence-electron chi connectivity index (χ4n) is 2.87. The molecule has 18 heavy (non-hydrogen) atoms. The van der Waals surface area contributed by atoms with Crippen LogP contribution in [0.4, 0.5) is 13.2 Å². The minimum absolute atomic E-state index is 0.255. The van der Waals surface area contributed by atoms with Crippen molar-refractivity contribution in [3.63, 3.8) is 0 Å². The van der Waals surface area contributed by atoms with E-state index in [2.05, 4.69) is 5.32 Å². The third kappa shape index (κ3) is 2.53. The Balaban J connectivity index is 2.44. The van der Waals surface area contributed by atoms with E-state index in [9.17, 15) is 13.2 Å². The average Bonchev–Trinajstić information content (AvgIpc) is 2.27. The molecule has 0 saturated carbocycles. The number of benzene rings is 1. The van der Waals surface area contributed by atoms with Crippen LogP contribution in [0.3, 0.4) is 0 Å². The second-order valence-corrected chi connectivity index (χ2v) is 5.31. The topological polar surface area (TPSA) is 12.0 Å². The minimum Gasteiger partial charge on any atom is -0.305 e. The molecule has 1 fully saturated rings. The van der Waals surface area contributed by atoms with E-state index in [1.54, 1.807) is 12.1 Å². The maximum atomic E-state index is 13.0. The highest BCUT2D eigenvalue weighted by Crippen LogP contribution is 2.40. The van der Waals surface area contributed by atoms with Gasteiger partial charge in [-0.2, -0.15) is 13.2 Å². The fraction of sp³-hybridized carbons (Fsp3) is 0.571. The lowest BCUT2D eigenvalue weighted by molar-refractivity contribution is -0.139. The molecule has 0 amide bonds. The summed E-state index contributed by atoms with van der Waals surface area (Å²) in [4.78, 5) is 0. The molecule has 0 spiro atoms. The van der Waals surface area contributed by atoms with Crippen molar-refractivity contribution in [2.24, 2.45) is 0 Å². The molecule has 1 N–H and O–H groups in total. The molecule has 0 aliphatic carbocycles. The molecule has 1 nitrogen and oxygen atoms in total. The summed E-state index contributed by atoms with van der Waals surface area (Å²) in [5, 5.41) is 3.32. The maximum absolute atomic E-state index is 13.0. The average molecular weight is 257 g/mol. The first kappa shape index (κ1) is 13.4. The van der Waals surface area contributed by atoms with E-state index in [-0.39, 0.29) is 6.04 Å². The third-order valence-corrected chi connectivity index (χ3v) is 3.71. The first-order chi connectivity index (χ1) is 8.33. The van der Waals surface area contributed by atoms with Crippen molar-refractivity contribution in [1.29, 1.82) is 0 Å². The quantitative estimate of drug-likeness (QED) is 0.799. The van der Waals surface area contributed by atoms with Gasteiger partial charge in [-0.25, -0.2) is 0 Å². The van der Waals surface area contributed by atoms with Gasteiger partial charge in [-0.15, -0.1) is 0 Å². The van der Waals surface area contributed by atoms with Crippen LogP contribution in [0.5, 0.6) is 0 Å². The molecule has 0 bridgehead atoms. The molecular weight excluding hydrogens is 239 g/mol. The highest BCUT2D eigenvalue weighted by molar-refractivity contribution is 5.36. The van der Waals surface area contributed by atoms with Gasteiger partial charge in [0.05, 0.1) is 5.56 Å². The molecule has 2 rings (SSSR count). The minimum atomic E-state index is -4.29. The van der Waals surface area contributed by atoms with Gasteiger partial charge in [0, 0.05) is 11.6 Å². The Kier molecular flexibility index (Phi) is 3.41. The molecule has 2 atom stereocenters. The molecule has 1 aliphatic rings. The molecule has 100 valence electrons. The Hall–Kier alpha value is -1.03. The lowest BCUT2D eigenvalue weighted by Gasteiger charge is -2.40. The largest absolute Gasteiger partial charge is 0.416 e. The summed E-state index contributed by atoms with van der Waals surface area (Å²) < 4.78 is 39.1. The van der Waals surface area contributed by atoms with Crippen LogP contribution in [-0.4, -0.2) is 6.04 Å². The van der Waals surface area contributed by atoms with Crippen molar-refractivity contribution in [3.8, 4) is 0 Å². The molecule has 1 aromatic carbocycles. The lowest BCUT2D eigenvalue weighted by Crippen LogP contribution is -2.48.